The summed E-state index contributed by atoms with van der Waals surface area (Å²) in [5.74, 6) is -1.18. The molecule has 0 aliphatic carbocycles. The number of nitrogens with zero attached hydrogens (tertiary/aromatic N) is 2. The van der Waals surface area contributed by atoms with Crippen LogP contribution in [-0.4, -0.2) is 28.3 Å². The van der Waals surface area contributed by atoms with Crippen molar-refractivity contribution in [2.45, 2.75) is 13.8 Å². The molecule has 0 spiro atoms. The van der Waals surface area contributed by atoms with E-state index < -0.39 is 17.4 Å². The molecule has 0 atom stereocenters. The fourth-order valence-electron chi connectivity index (χ4n) is 2.71. The number of aryl methyl sites for hydroxylation is 1. The summed E-state index contributed by atoms with van der Waals surface area (Å²) >= 11 is 2.04. The summed E-state index contributed by atoms with van der Waals surface area (Å²) in [5.41, 5.74) is 1.15. The molecule has 1 N–H and O–H groups in total. The molecule has 1 heterocycles. The third-order valence-electron chi connectivity index (χ3n) is 4.11. The van der Waals surface area contributed by atoms with E-state index >= 15 is 0 Å². The number of carbonyl (C=O) groups excluding carboxylic acids is 2. The maximum absolute atomic E-state index is 12.7. The second-order valence-corrected chi connectivity index (χ2v) is 7.26. The molecule has 3 rings (SSSR count). The molecule has 7 nitrogen and oxygen atoms in total. The zero-order valence-corrected chi connectivity index (χ0v) is 18.0. The van der Waals surface area contributed by atoms with E-state index in [1.165, 1.54) is 6.07 Å². The van der Waals surface area contributed by atoms with Crippen molar-refractivity contribution in [3.63, 3.8) is 0 Å². The first-order valence-corrected chi connectivity index (χ1v) is 9.93. The summed E-state index contributed by atoms with van der Waals surface area (Å²) in [4.78, 5) is 37.9. The average Bonchev–Trinajstić information content (AvgIpc) is 2.69. The molecule has 0 unspecified atom stereocenters. The number of halogens is 1. The Morgan fingerprint density at radius 2 is 1.83 bits per heavy atom. The molecule has 148 valence electrons. The van der Waals surface area contributed by atoms with Crippen molar-refractivity contribution in [3.05, 3.63) is 85.3 Å². The maximum Gasteiger partial charge on any atom is 0.360 e. The molecule has 8 heteroatoms. The molecular formula is C21H18IN3O4. The molecule has 0 radical (unpaired) electrons. The van der Waals surface area contributed by atoms with E-state index in [0.717, 1.165) is 13.8 Å². The number of aromatic nitrogens is 2. The molecule has 0 saturated heterocycles. The number of hydrogen-bond acceptors (Lipinski definition) is 5. The molecule has 1 aromatic heterocycles. The Hall–Kier alpha value is -3.01. The van der Waals surface area contributed by atoms with E-state index in [0.29, 0.717) is 11.3 Å². The summed E-state index contributed by atoms with van der Waals surface area (Å²) in [6, 6.07) is 15.3. The number of hydrogen-bond donors (Lipinski definition) is 1. The summed E-state index contributed by atoms with van der Waals surface area (Å²) in [6.07, 6.45) is 0. The normalized spacial score (nSPS) is 10.4. The quantitative estimate of drug-likeness (QED) is 0.425. The summed E-state index contributed by atoms with van der Waals surface area (Å²) in [5, 5.41) is 6.82. The third-order valence-corrected chi connectivity index (χ3v) is 5.05. The predicted octanol–water partition coefficient (Wildman–Crippen LogP) is 3.57. The minimum Gasteiger partial charge on any atom is -0.461 e. The number of carbonyl (C=O) groups is 2. The van der Waals surface area contributed by atoms with Gasteiger partial charge in [-0.25, -0.2) is 4.79 Å². The van der Waals surface area contributed by atoms with Gasteiger partial charge in [0.05, 0.1) is 23.5 Å². The molecule has 0 aliphatic heterocycles. The Balaban J connectivity index is 2.09. The van der Waals surface area contributed by atoms with E-state index in [1.54, 1.807) is 37.3 Å². The van der Waals surface area contributed by atoms with Crippen LogP contribution in [-0.2, 0) is 4.74 Å². The van der Waals surface area contributed by atoms with Gasteiger partial charge in [0.15, 0.2) is 5.69 Å². The number of amides is 1. The molecule has 1 amide bonds. The van der Waals surface area contributed by atoms with Crippen molar-refractivity contribution >= 4 is 40.2 Å². The molecular weight excluding hydrogens is 485 g/mol. The highest BCUT2D eigenvalue weighted by molar-refractivity contribution is 14.1. The first-order chi connectivity index (χ1) is 13.9. The molecule has 3 aromatic rings. The molecule has 0 fully saturated rings. The SMILES string of the molecule is CCOC(=O)c1nn(-c2ccccc2C)c(=O)cc1NC(=O)c1ccccc1I. The van der Waals surface area contributed by atoms with Crippen molar-refractivity contribution in [3.8, 4) is 5.69 Å². The second-order valence-electron chi connectivity index (χ2n) is 6.10. The summed E-state index contributed by atoms with van der Waals surface area (Å²) in [7, 11) is 0. The van der Waals surface area contributed by atoms with E-state index in [1.807, 2.05) is 47.7 Å². The standard InChI is InChI=1S/C21H18IN3O4/c1-3-29-21(28)19-16(23-20(27)14-9-5-6-10-15(14)22)12-18(26)25(24-19)17-11-7-4-8-13(17)2/h4-12H,3H2,1-2H3,(H,23,27). The van der Waals surface area contributed by atoms with E-state index in [-0.39, 0.29) is 18.0 Å². The van der Waals surface area contributed by atoms with Crippen molar-refractivity contribution < 1.29 is 14.3 Å². The lowest BCUT2D eigenvalue weighted by Gasteiger charge is -2.14. The fraction of sp³-hybridized carbons (Fsp3) is 0.143. The van der Waals surface area contributed by atoms with Gasteiger partial charge in [0, 0.05) is 9.64 Å². The molecule has 0 saturated carbocycles. The van der Waals surface area contributed by atoms with Gasteiger partial charge in [-0.1, -0.05) is 30.3 Å². The van der Waals surface area contributed by atoms with Gasteiger partial charge < -0.3 is 10.1 Å². The van der Waals surface area contributed by atoms with Crippen LogP contribution >= 0.6 is 22.6 Å². The minimum atomic E-state index is -0.729. The number of ether oxygens (including phenoxy) is 1. The van der Waals surface area contributed by atoms with Crippen LogP contribution in [0.5, 0.6) is 0 Å². The topological polar surface area (TPSA) is 90.3 Å². The Bertz CT molecular complexity index is 1140. The zero-order valence-electron chi connectivity index (χ0n) is 15.8. The molecule has 0 bridgehead atoms. The van der Waals surface area contributed by atoms with Crippen LogP contribution in [0.4, 0.5) is 5.69 Å². The Labute approximate surface area is 180 Å². The van der Waals surface area contributed by atoms with Crippen LogP contribution in [0.1, 0.15) is 33.3 Å². The smallest absolute Gasteiger partial charge is 0.360 e. The first kappa shape index (κ1) is 20.7. The summed E-state index contributed by atoms with van der Waals surface area (Å²) in [6.45, 7) is 3.63. The van der Waals surface area contributed by atoms with Crippen LogP contribution in [0.2, 0.25) is 0 Å². The average molecular weight is 503 g/mol. The van der Waals surface area contributed by atoms with Crippen molar-refractivity contribution in [2.24, 2.45) is 0 Å². The Morgan fingerprint density at radius 1 is 1.14 bits per heavy atom. The van der Waals surface area contributed by atoms with Crippen LogP contribution in [0.3, 0.4) is 0 Å². The fourth-order valence-corrected chi connectivity index (χ4v) is 3.34. The van der Waals surface area contributed by atoms with Crippen LogP contribution in [0.25, 0.3) is 5.69 Å². The Kier molecular flexibility index (Phi) is 6.42. The van der Waals surface area contributed by atoms with Crippen LogP contribution in [0, 0.1) is 10.5 Å². The molecule has 2 aromatic carbocycles. The largest absolute Gasteiger partial charge is 0.461 e. The number of benzene rings is 2. The number of para-hydroxylation sites is 1. The van der Waals surface area contributed by atoms with Crippen molar-refractivity contribution in [2.75, 3.05) is 11.9 Å². The number of esters is 1. The second kappa shape index (κ2) is 8.99. The van der Waals surface area contributed by atoms with Gasteiger partial charge in [-0.05, 0) is 60.2 Å². The number of rotatable bonds is 5. The van der Waals surface area contributed by atoms with Gasteiger partial charge in [-0.15, -0.1) is 0 Å². The number of anilines is 1. The minimum absolute atomic E-state index is 0.00272. The Morgan fingerprint density at radius 3 is 2.52 bits per heavy atom. The van der Waals surface area contributed by atoms with Crippen LogP contribution in [0.15, 0.2) is 59.4 Å². The maximum atomic E-state index is 12.7. The van der Waals surface area contributed by atoms with Gasteiger partial charge >= 0.3 is 5.97 Å². The van der Waals surface area contributed by atoms with Crippen molar-refractivity contribution in [1.29, 1.82) is 0 Å². The lowest BCUT2D eigenvalue weighted by molar-refractivity contribution is 0.0518. The van der Waals surface area contributed by atoms with Gasteiger partial charge in [-0.2, -0.15) is 9.78 Å². The van der Waals surface area contributed by atoms with E-state index in [9.17, 15) is 14.4 Å². The van der Waals surface area contributed by atoms with E-state index in [2.05, 4.69) is 10.4 Å². The third kappa shape index (κ3) is 4.53. The van der Waals surface area contributed by atoms with E-state index in [4.69, 9.17) is 4.74 Å². The predicted molar refractivity (Wildman–Crippen MR) is 118 cm³/mol. The van der Waals surface area contributed by atoms with Gasteiger partial charge in [0.1, 0.15) is 0 Å². The highest BCUT2D eigenvalue weighted by Gasteiger charge is 2.21. The first-order valence-electron chi connectivity index (χ1n) is 8.85. The lowest BCUT2D eigenvalue weighted by atomic mass is 10.2. The van der Waals surface area contributed by atoms with Gasteiger partial charge in [-0.3, -0.25) is 9.59 Å². The zero-order chi connectivity index (χ0) is 21.0. The highest BCUT2D eigenvalue weighted by Crippen LogP contribution is 2.18. The van der Waals surface area contributed by atoms with Crippen LogP contribution < -0.4 is 10.9 Å². The van der Waals surface area contributed by atoms with Gasteiger partial charge in [0.2, 0.25) is 0 Å². The summed E-state index contributed by atoms with van der Waals surface area (Å²) < 4.78 is 6.94. The molecule has 29 heavy (non-hydrogen) atoms. The molecule has 0 aliphatic rings. The van der Waals surface area contributed by atoms with Crippen molar-refractivity contribution in [1.82, 2.24) is 9.78 Å². The monoisotopic (exact) mass is 503 g/mol. The highest BCUT2D eigenvalue weighted by atomic mass is 127. The van der Waals surface area contributed by atoms with Gasteiger partial charge in [0.25, 0.3) is 11.5 Å². The number of nitrogens with one attached hydrogen (secondary N) is 1. The lowest BCUT2D eigenvalue weighted by Crippen LogP contribution is -2.27.